The van der Waals surface area contributed by atoms with Crippen LogP contribution in [0.3, 0.4) is 0 Å². The summed E-state index contributed by atoms with van der Waals surface area (Å²) >= 11 is 0. The minimum Gasteiger partial charge on any atom is -0.339 e. The molecule has 0 aromatic heterocycles. The van der Waals surface area contributed by atoms with Crippen LogP contribution < -0.4 is 0 Å². The first-order valence-electron chi connectivity index (χ1n) is 11.3. The molecule has 0 unspecified atom stereocenters. The topological polar surface area (TPSA) is 60.9 Å². The van der Waals surface area contributed by atoms with E-state index in [1.54, 1.807) is 4.90 Å². The third kappa shape index (κ3) is 6.08. The largest absolute Gasteiger partial charge is 0.339 e. The van der Waals surface area contributed by atoms with Gasteiger partial charge in [0, 0.05) is 39.3 Å². The Hall–Kier alpha value is -3.07. The van der Waals surface area contributed by atoms with Crippen LogP contribution in [-0.4, -0.2) is 61.2 Å². The van der Waals surface area contributed by atoms with Crippen LogP contribution in [0, 0.1) is 5.82 Å². The average molecular weight is 482 g/mol. The molecule has 0 spiro atoms. The van der Waals surface area contributed by atoms with Gasteiger partial charge in [0.25, 0.3) is 0 Å². The number of halogens is 1. The van der Waals surface area contributed by atoms with Crippen molar-refractivity contribution in [1.82, 2.24) is 14.1 Å². The summed E-state index contributed by atoms with van der Waals surface area (Å²) in [5, 5.41) is 0. The van der Waals surface area contributed by atoms with E-state index in [0.29, 0.717) is 13.1 Å². The van der Waals surface area contributed by atoms with Gasteiger partial charge in [-0.1, -0.05) is 60.7 Å². The van der Waals surface area contributed by atoms with E-state index in [-0.39, 0.29) is 23.9 Å². The zero-order valence-electron chi connectivity index (χ0n) is 18.9. The highest BCUT2D eigenvalue weighted by atomic mass is 32.2. The van der Waals surface area contributed by atoms with Crippen molar-refractivity contribution in [3.05, 3.63) is 102 Å². The second kappa shape index (κ2) is 10.9. The molecule has 1 amide bonds. The minimum atomic E-state index is -3.99. The van der Waals surface area contributed by atoms with Crippen LogP contribution in [0.4, 0.5) is 4.39 Å². The lowest BCUT2D eigenvalue weighted by molar-refractivity contribution is -0.133. The van der Waals surface area contributed by atoms with Crippen molar-refractivity contribution in [1.29, 1.82) is 0 Å². The van der Waals surface area contributed by atoms with Crippen molar-refractivity contribution in [3.63, 3.8) is 0 Å². The third-order valence-electron chi connectivity index (χ3n) is 5.94. The van der Waals surface area contributed by atoms with E-state index in [1.807, 2.05) is 48.5 Å². The van der Waals surface area contributed by atoms with Crippen LogP contribution in [0.25, 0.3) is 0 Å². The van der Waals surface area contributed by atoms with Crippen LogP contribution in [0.1, 0.15) is 11.1 Å². The summed E-state index contributed by atoms with van der Waals surface area (Å²) in [6.45, 7) is 3.15. The van der Waals surface area contributed by atoms with E-state index >= 15 is 0 Å². The van der Waals surface area contributed by atoms with Gasteiger partial charge >= 0.3 is 0 Å². The second-order valence-corrected chi connectivity index (χ2v) is 10.3. The van der Waals surface area contributed by atoms with E-state index in [0.717, 1.165) is 37.3 Å². The maximum atomic E-state index is 13.4. The number of nitrogens with zero attached hydrogens (tertiary/aromatic N) is 3. The smallest absolute Gasteiger partial charge is 0.243 e. The summed E-state index contributed by atoms with van der Waals surface area (Å²) in [7, 11) is -3.99. The molecule has 6 nitrogen and oxygen atoms in total. The highest BCUT2D eigenvalue weighted by Crippen LogP contribution is 2.20. The highest BCUT2D eigenvalue weighted by Gasteiger charge is 2.30. The number of piperazine rings is 1. The molecule has 1 aliphatic rings. The van der Waals surface area contributed by atoms with Gasteiger partial charge in [0.15, 0.2) is 0 Å². The molecular formula is C26H28FN3O3S. The first kappa shape index (κ1) is 24.1. The Labute approximate surface area is 200 Å². The minimum absolute atomic E-state index is 0.0367. The van der Waals surface area contributed by atoms with Gasteiger partial charge < -0.3 is 4.90 Å². The molecule has 1 fully saturated rings. The molecule has 1 heterocycles. The molecular weight excluding hydrogens is 453 g/mol. The third-order valence-corrected chi connectivity index (χ3v) is 7.74. The molecule has 34 heavy (non-hydrogen) atoms. The van der Waals surface area contributed by atoms with E-state index in [1.165, 1.54) is 22.0 Å². The van der Waals surface area contributed by atoms with E-state index in [4.69, 9.17) is 0 Å². The first-order valence-corrected chi connectivity index (χ1v) is 12.7. The summed E-state index contributed by atoms with van der Waals surface area (Å²) in [5.41, 5.74) is 2.00. The van der Waals surface area contributed by atoms with Crippen LogP contribution in [-0.2, 0) is 27.9 Å². The average Bonchev–Trinajstić information content (AvgIpc) is 2.85. The number of carbonyl (C=O) groups is 1. The van der Waals surface area contributed by atoms with Gasteiger partial charge in [-0.05, 0) is 35.4 Å². The predicted octanol–water partition coefficient (Wildman–Crippen LogP) is 3.36. The van der Waals surface area contributed by atoms with Gasteiger partial charge in [-0.25, -0.2) is 12.8 Å². The van der Waals surface area contributed by atoms with Gasteiger partial charge in [0.05, 0.1) is 11.4 Å². The molecule has 3 aromatic carbocycles. The normalized spacial score (nSPS) is 14.9. The first-order chi connectivity index (χ1) is 16.4. The highest BCUT2D eigenvalue weighted by molar-refractivity contribution is 7.89. The van der Waals surface area contributed by atoms with Crippen molar-refractivity contribution in [3.8, 4) is 0 Å². The lowest BCUT2D eigenvalue weighted by atomic mass is 10.2. The molecule has 0 N–H and O–H groups in total. The van der Waals surface area contributed by atoms with Gasteiger partial charge in [0.1, 0.15) is 5.82 Å². The maximum absolute atomic E-state index is 13.4. The number of rotatable bonds is 8. The molecule has 0 bridgehead atoms. The van der Waals surface area contributed by atoms with Crippen molar-refractivity contribution in [2.24, 2.45) is 0 Å². The number of benzene rings is 3. The molecule has 178 valence electrons. The zero-order valence-corrected chi connectivity index (χ0v) is 19.7. The standard InChI is InChI=1S/C26H28FN3O3S/c27-24-11-13-25(14-12-24)34(32,33)30(20-23-9-5-2-6-10-23)21-26(31)29-17-15-28(16-18-29)19-22-7-3-1-4-8-22/h1-14H,15-21H2. The van der Waals surface area contributed by atoms with Crippen molar-refractivity contribution < 1.29 is 17.6 Å². The number of carbonyl (C=O) groups excluding carboxylic acids is 1. The van der Waals surface area contributed by atoms with Crippen LogP contribution in [0.15, 0.2) is 89.8 Å². The van der Waals surface area contributed by atoms with Crippen molar-refractivity contribution >= 4 is 15.9 Å². The zero-order chi connectivity index (χ0) is 24.0. The number of hydrogen-bond donors (Lipinski definition) is 0. The summed E-state index contributed by atoms with van der Waals surface area (Å²) in [4.78, 5) is 17.1. The molecule has 4 rings (SSSR count). The Bertz CT molecular complexity index is 1180. The molecule has 0 atom stereocenters. The monoisotopic (exact) mass is 481 g/mol. The Morgan fingerprint density at radius 3 is 1.94 bits per heavy atom. The Morgan fingerprint density at radius 1 is 0.794 bits per heavy atom. The number of sulfonamides is 1. The van der Waals surface area contributed by atoms with Crippen molar-refractivity contribution in [2.75, 3.05) is 32.7 Å². The molecule has 1 aliphatic heterocycles. The fourth-order valence-electron chi connectivity index (χ4n) is 4.02. The van der Waals surface area contributed by atoms with Crippen LogP contribution in [0.2, 0.25) is 0 Å². The van der Waals surface area contributed by atoms with E-state index in [9.17, 15) is 17.6 Å². The Kier molecular flexibility index (Phi) is 7.72. The van der Waals surface area contributed by atoms with Gasteiger partial charge in [-0.3, -0.25) is 9.69 Å². The summed E-state index contributed by atoms with van der Waals surface area (Å²) in [6, 6.07) is 24.0. The predicted molar refractivity (Wildman–Crippen MR) is 129 cm³/mol. The van der Waals surface area contributed by atoms with E-state index in [2.05, 4.69) is 17.0 Å². The lowest BCUT2D eigenvalue weighted by Gasteiger charge is -2.35. The molecule has 3 aromatic rings. The van der Waals surface area contributed by atoms with E-state index < -0.39 is 15.8 Å². The summed E-state index contributed by atoms with van der Waals surface area (Å²) < 4.78 is 41.2. The SMILES string of the molecule is O=C(CN(Cc1ccccc1)S(=O)(=O)c1ccc(F)cc1)N1CCN(Cc2ccccc2)CC1. The van der Waals surface area contributed by atoms with Crippen molar-refractivity contribution in [2.45, 2.75) is 18.0 Å². The van der Waals surface area contributed by atoms with Crippen LogP contribution in [0.5, 0.6) is 0 Å². The summed E-state index contributed by atoms with van der Waals surface area (Å²) in [5.74, 6) is -0.751. The summed E-state index contributed by atoms with van der Waals surface area (Å²) in [6.07, 6.45) is 0. The quantitative estimate of drug-likeness (QED) is 0.495. The Morgan fingerprint density at radius 2 is 1.35 bits per heavy atom. The fraction of sp³-hybridized carbons (Fsp3) is 0.269. The Balaban J connectivity index is 1.44. The molecule has 8 heteroatoms. The fourth-order valence-corrected chi connectivity index (χ4v) is 5.39. The number of amides is 1. The molecule has 0 aliphatic carbocycles. The van der Waals surface area contributed by atoms with Crippen LogP contribution >= 0.6 is 0 Å². The van der Waals surface area contributed by atoms with Gasteiger partial charge in [-0.15, -0.1) is 0 Å². The molecule has 1 saturated heterocycles. The molecule has 0 saturated carbocycles. The van der Waals surface area contributed by atoms with Gasteiger partial charge in [0.2, 0.25) is 15.9 Å². The number of hydrogen-bond acceptors (Lipinski definition) is 4. The van der Waals surface area contributed by atoms with Gasteiger partial charge in [-0.2, -0.15) is 4.31 Å². The lowest BCUT2D eigenvalue weighted by Crippen LogP contribution is -2.51. The maximum Gasteiger partial charge on any atom is 0.243 e. The molecule has 0 radical (unpaired) electrons. The second-order valence-electron chi connectivity index (χ2n) is 8.36.